The van der Waals surface area contributed by atoms with Crippen molar-refractivity contribution in [1.29, 1.82) is 0 Å². The topological polar surface area (TPSA) is 70.8 Å². The van der Waals surface area contributed by atoms with E-state index >= 15 is 0 Å². The van der Waals surface area contributed by atoms with Gasteiger partial charge in [-0.3, -0.25) is 0 Å². The van der Waals surface area contributed by atoms with E-state index in [0.29, 0.717) is 22.8 Å². The number of carbonyl (C=O) groups is 1. The highest BCUT2D eigenvalue weighted by atomic mass is 16.6. The molecule has 0 aliphatic carbocycles. The zero-order valence-corrected chi connectivity index (χ0v) is 11.5. The fourth-order valence-electron chi connectivity index (χ4n) is 1.79. The third kappa shape index (κ3) is 2.59. The van der Waals surface area contributed by atoms with E-state index in [1.807, 2.05) is 0 Å². The smallest absolute Gasteiger partial charge is 0.377 e. The van der Waals surface area contributed by atoms with Crippen LogP contribution in [0.15, 0.2) is 28.8 Å². The SMILES string of the molecule is CCOC(=O)c1cc(-c2cccc(OC)c2OC)no1. The number of hydrogen-bond acceptors (Lipinski definition) is 6. The minimum absolute atomic E-state index is 0.0479. The Hall–Kier alpha value is -2.50. The van der Waals surface area contributed by atoms with Crippen LogP contribution in [0.1, 0.15) is 17.5 Å². The Kier molecular flexibility index (Phi) is 4.24. The third-order valence-electron chi connectivity index (χ3n) is 2.67. The molecule has 0 atom stereocenters. The van der Waals surface area contributed by atoms with Gasteiger partial charge in [-0.2, -0.15) is 0 Å². The number of carbonyl (C=O) groups excluding carboxylic acids is 1. The van der Waals surface area contributed by atoms with E-state index in [1.54, 1.807) is 32.2 Å². The number of nitrogens with zero attached hydrogens (tertiary/aromatic N) is 1. The lowest BCUT2D eigenvalue weighted by Gasteiger charge is -2.10. The zero-order chi connectivity index (χ0) is 14.5. The molecule has 1 heterocycles. The zero-order valence-electron chi connectivity index (χ0n) is 11.5. The molecule has 0 radical (unpaired) electrons. The summed E-state index contributed by atoms with van der Waals surface area (Å²) in [5.41, 5.74) is 1.15. The summed E-state index contributed by atoms with van der Waals surface area (Å²) in [5.74, 6) is 0.601. The second kappa shape index (κ2) is 6.10. The Labute approximate surface area is 116 Å². The Morgan fingerprint density at radius 3 is 2.75 bits per heavy atom. The first-order valence-electron chi connectivity index (χ1n) is 6.06. The van der Waals surface area contributed by atoms with Crippen molar-refractivity contribution in [2.75, 3.05) is 20.8 Å². The van der Waals surface area contributed by atoms with E-state index in [4.69, 9.17) is 18.7 Å². The molecule has 2 aromatic rings. The van der Waals surface area contributed by atoms with Crippen LogP contribution >= 0.6 is 0 Å². The quantitative estimate of drug-likeness (QED) is 0.782. The number of esters is 1. The van der Waals surface area contributed by atoms with Crippen LogP contribution in [0.2, 0.25) is 0 Å². The van der Waals surface area contributed by atoms with Gasteiger partial charge >= 0.3 is 5.97 Å². The van der Waals surface area contributed by atoms with Gasteiger partial charge in [-0.1, -0.05) is 11.2 Å². The molecule has 2 rings (SSSR count). The summed E-state index contributed by atoms with van der Waals surface area (Å²) < 4.78 is 20.4. The van der Waals surface area contributed by atoms with Gasteiger partial charge in [0, 0.05) is 11.6 Å². The predicted octanol–water partition coefficient (Wildman–Crippen LogP) is 2.54. The molecule has 0 saturated carbocycles. The number of rotatable bonds is 5. The molecule has 6 nitrogen and oxygen atoms in total. The summed E-state index contributed by atoms with van der Waals surface area (Å²) in [6.07, 6.45) is 0. The van der Waals surface area contributed by atoms with Crippen molar-refractivity contribution in [2.24, 2.45) is 0 Å². The summed E-state index contributed by atoms with van der Waals surface area (Å²) in [4.78, 5) is 11.6. The second-order valence-corrected chi connectivity index (χ2v) is 3.84. The van der Waals surface area contributed by atoms with Crippen LogP contribution in [0.4, 0.5) is 0 Å². The van der Waals surface area contributed by atoms with Gasteiger partial charge in [0.05, 0.1) is 20.8 Å². The molecule has 6 heteroatoms. The monoisotopic (exact) mass is 277 g/mol. The molecule has 0 spiro atoms. The van der Waals surface area contributed by atoms with E-state index in [1.165, 1.54) is 13.2 Å². The van der Waals surface area contributed by atoms with Crippen LogP contribution in [0.25, 0.3) is 11.3 Å². The Bertz CT molecular complexity index is 605. The maximum atomic E-state index is 11.6. The van der Waals surface area contributed by atoms with Crippen molar-refractivity contribution in [3.63, 3.8) is 0 Å². The van der Waals surface area contributed by atoms with Crippen LogP contribution in [0.3, 0.4) is 0 Å². The number of para-hydroxylation sites is 1. The van der Waals surface area contributed by atoms with Crippen molar-refractivity contribution in [3.05, 3.63) is 30.0 Å². The minimum Gasteiger partial charge on any atom is -0.493 e. The number of ether oxygens (including phenoxy) is 3. The molecule has 20 heavy (non-hydrogen) atoms. The molecule has 1 aromatic carbocycles. The summed E-state index contributed by atoms with van der Waals surface area (Å²) in [6, 6.07) is 6.88. The lowest BCUT2D eigenvalue weighted by atomic mass is 10.1. The van der Waals surface area contributed by atoms with Crippen molar-refractivity contribution < 1.29 is 23.5 Å². The van der Waals surface area contributed by atoms with Crippen LogP contribution in [-0.4, -0.2) is 32.0 Å². The van der Waals surface area contributed by atoms with Gasteiger partial charge in [0.25, 0.3) is 0 Å². The van der Waals surface area contributed by atoms with Gasteiger partial charge in [-0.05, 0) is 19.1 Å². The van der Waals surface area contributed by atoms with Gasteiger partial charge in [0.2, 0.25) is 5.76 Å². The molecule has 0 unspecified atom stereocenters. The van der Waals surface area contributed by atoms with Crippen molar-refractivity contribution in [2.45, 2.75) is 6.92 Å². The number of methoxy groups -OCH3 is 2. The number of hydrogen-bond donors (Lipinski definition) is 0. The minimum atomic E-state index is -0.548. The average Bonchev–Trinajstić information content (AvgIpc) is 2.96. The molecular weight excluding hydrogens is 262 g/mol. The molecule has 0 amide bonds. The van der Waals surface area contributed by atoms with Gasteiger partial charge in [-0.25, -0.2) is 4.79 Å². The maximum Gasteiger partial charge on any atom is 0.377 e. The van der Waals surface area contributed by atoms with E-state index < -0.39 is 5.97 Å². The Morgan fingerprint density at radius 2 is 2.10 bits per heavy atom. The first-order chi connectivity index (χ1) is 9.71. The highest BCUT2D eigenvalue weighted by Crippen LogP contribution is 2.37. The fraction of sp³-hybridized carbons (Fsp3) is 0.286. The van der Waals surface area contributed by atoms with Crippen molar-refractivity contribution in [3.8, 4) is 22.8 Å². The fourth-order valence-corrected chi connectivity index (χ4v) is 1.79. The van der Waals surface area contributed by atoms with E-state index in [9.17, 15) is 4.79 Å². The van der Waals surface area contributed by atoms with E-state index in [0.717, 1.165) is 0 Å². The van der Waals surface area contributed by atoms with E-state index in [-0.39, 0.29) is 12.4 Å². The van der Waals surface area contributed by atoms with E-state index in [2.05, 4.69) is 5.16 Å². The van der Waals surface area contributed by atoms with Crippen LogP contribution in [0.5, 0.6) is 11.5 Å². The Morgan fingerprint density at radius 1 is 1.30 bits per heavy atom. The molecule has 1 aromatic heterocycles. The summed E-state index contributed by atoms with van der Waals surface area (Å²) >= 11 is 0. The molecular formula is C14H15NO5. The molecule has 0 saturated heterocycles. The van der Waals surface area contributed by atoms with Gasteiger partial charge in [0.15, 0.2) is 11.5 Å². The normalized spacial score (nSPS) is 10.2. The third-order valence-corrected chi connectivity index (χ3v) is 2.67. The average molecular weight is 277 g/mol. The van der Waals surface area contributed by atoms with Crippen LogP contribution < -0.4 is 9.47 Å². The largest absolute Gasteiger partial charge is 0.493 e. The molecule has 0 bridgehead atoms. The molecule has 0 N–H and O–H groups in total. The lowest BCUT2D eigenvalue weighted by molar-refractivity contribution is 0.0480. The molecule has 106 valence electrons. The number of benzene rings is 1. The van der Waals surface area contributed by atoms with Crippen LogP contribution in [-0.2, 0) is 4.74 Å². The van der Waals surface area contributed by atoms with Crippen LogP contribution in [0, 0.1) is 0 Å². The first kappa shape index (κ1) is 13.9. The predicted molar refractivity (Wildman–Crippen MR) is 71.0 cm³/mol. The van der Waals surface area contributed by atoms with Gasteiger partial charge in [0.1, 0.15) is 5.69 Å². The first-order valence-corrected chi connectivity index (χ1v) is 6.06. The summed E-state index contributed by atoms with van der Waals surface area (Å²) in [6.45, 7) is 2.00. The second-order valence-electron chi connectivity index (χ2n) is 3.84. The highest BCUT2D eigenvalue weighted by molar-refractivity contribution is 5.88. The standard InChI is InChI=1S/C14H15NO5/c1-4-19-14(16)12-8-10(15-20-12)9-6-5-7-11(17-2)13(9)18-3/h5-8H,4H2,1-3H3. The summed E-state index contributed by atoms with van der Waals surface area (Å²) in [5, 5.41) is 3.86. The summed E-state index contributed by atoms with van der Waals surface area (Å²) in [7, 11) is 3.09. The van der Waals surface area contributed by atoms with Gasteiger partial charge < -0.3 is 18.7 Å². The molecule has 0 aliphatic heterocycles. The van der Waals surface area contributed by atoms with Crippen molar-refractivity contribution in [1.82, 2.24) is 5.16 Å². The lowest BCUT2D eigenvalue weighted by Crippen LogP contribution is -2.02. The Balaban J connectivity index is 2.40. The molecule has 0 fully saturated rings. The van der Waals surface area contributed by atoms with Crippen molar-refractivity contribution >= 4 is 5.97 Å². The molecule has 0 aliphatic rings. The maximum absolute atomic E-state index is 11.6. The number of aromatic nitrogens is 1. The van der Waals surface area contributed by atoms with Gasteiger partial charge in [-0.15, -0.1) is 0 Å². The highest BCUT2D eigenvalue weighted by Gasteiger charge is 2.18.